The van der Waals surface area contributed by atoms with Crippen molar-refractivity contribution in [2.75, 3.05) is 47.6 Å². The lowest BCUT2D eigenvalue weighted by atomic mass is 9.83. The number of carbonyl (C=O) groups is 2. The van der Waals surface area contributed by atoms with E-state index in [1.807, 2.05) is 19.0 Å². The third kappa shape index (κ3) is 8.10. The Morgan fingerprint density at radius 1 is 1.00 bits per heavy atom. The molecule has 0 bridgehead atoms. The molecular weight excluding hydrogens is 354 g/mol. The van der Waals surface area contributed by atoms with Crippen LogP contribution in [0.1, 0.15) is 27.2 Å². The van der Waals surface area contributed by atoms with Crippen molar-refractivity contribution in [3.8, 4) is 0 Å². The summed E-state index contributed by atoms with van der Waals surface area (Å²) < 4.78 is 14.3. The summed E-state index contributed by atoms with van der Waals surface area (Å²) in [5.41, 5.74) is -0.813. The molecule has 1 atom stereocenters. The van der Waals surface area contributed by atoms with E-state index in [9.17, 15) is 9.59 Å². The minimum absolute atomic E-state index is 0.199. The summed E-state index contributed by atoms with van der Waals surface area (Å²) in [7, 11) is 5.35. The molecular formula is C15H28BrNO5. The molecule has 0 aliphatic carbocycles. The maximum absolute atomic E-state index is 12.1. The van der Waals surface area contributed by atoms with Gasteiger partial charge in [0.2, 0.25) is 0 Å². The summed E-state index contributed by atoms with van der Waals surface area (Å²) in [6, 6.07) is 0. The van der Waals surface area contributed by atoms with E-state index in [-0.39, 0.29) is 25.0 Å². The van der Waals surface area contributed by atoms with Crippen LogP contribution in [0.4, 0.5) is 0 Å². The Morgan fingerprint density at radius 2 is 1.55 bits per heavy atom. The topological polar surface area (TPSA) is 65.1 Å². The molecule has 0 aromatic rings. The van der Waals surface area contributed by atoms with E-state index in [1.54, 1.807) is 20.8 Å². The fraction of sp³-hybridized carbons (Fsp3) is 0.867. The van der Waals surface area contributed by atoms with Gasteiger partial charge in [-0.05, 0) is 41.3 Å². The lowest BCUT2D eigenvalue weighted by Crippen LogP contribution is -2.40. The van der Waals surface area contributed by atoms with Crippen LogP contribution < -0.4 is 0 Å². The van der Waals surface area contributed by atoms with Crippen molar-refractivity contribution in [2.45, 2.75) is 31.5 Å². The van der Waals surface area contributed by atoms with Gasteiger partial charge in [-0.15, -0.1) is 0 Å². The number of halogens is 1. The predicted octanol–water partition coefficient (Wildman–Crippen LogP) is 1.85. The van der Waals surface area contributed by atoms with Crippen molar-refractivity contribution in [1.29, 1.82) is 0 Å². The molecule has 0 amide bonds. The van der Waals surface area contributed by atoms with E-state index in [4.69, 9.17) is 14.2 Å². The molecule has 0 saturated carbocycles. The van der Waals surface area contributed by atoms with Gasteiger partial charge in [-0.2, -0.15) is 0 Å². The highest BCUT2D eigenvalue weighted by Gasteiger charge is 2.42. The molecule has 0 aromatic carbocycles. The van der Waals surface area contributed by atoms with Crippen molar-refractivity contribution < 1.29 is 23.8 Å². The van der Waals surface area contributed by atoms with Crippen LogP contribution >= 0.6 is 15.9 Å². The third-order valence-electron chi connectivity index (χ3n) is 3.04. The summed E-state index contributed by atoms with van der Waals surface area (Å²) in [4.78, 5) is 26.2. The van der Waals surface area contributed by atoms with Crippen molar-refractivity contribution in [3.05, 3.63) is 0 Å². The summed E-state index contributed by atoms with van der Waals surface area (Å²) in [6.45, 7) is 6.70. The van der Waals surface area contributed by atoms with Gasteiger partial charge >= 0.3 is 11.9 Å². The lowest BCUT2D eigenvalue weighted by molar-refractivity contribution is -0.157. The van der Waals surface area contributed by atoms with Crippen LogP contribution in [0.3, 0.4) is 0 Å². The van der Waals surface area contributed by atoms with Gasteiger partial charge in [0.25, 0.3) is 0 Å². The molecule has 7 heteroatoms. The second kappa shape index (κ2) is 9.47. The highest BCUT2D eigenvalue weighted by Crippen LogP contribution is 2.35. The molecule has 0 aliphatic rings. The first-order valence-electron chi connectivity index (χ1n) is 7.20. The molecule has 130 valence electrons. The van der Waals surface area contributed by atoms with E-state index in [2.05, 4.69) is 15.9 Å². The molecule has 1 unspecified atom stereocenters. The Bertz CT molecular complexity index is 369. The molecule has 22 heavy (non-hydrogen) atoms. The van der Waals surface area contributed by atoms with E-state index < -0.39 is 9.74 Å². The normalized spacial score (nSPS) is 14.5. The molecule has 0 N–H and O–H groups in total. The number of rotatable bonds is 10. The minimum atomic E-state index is -0.941. The maximum atomic E-state index is 12.1. The molecule has 0 rings (SSSR count). The second-order valence-electron chi connectivity index (χ2n) is 6.33. The number of hydrogen-bond acceptors (Lipinski definition) is 6. The van der Waals surface area contributed by atoms with Crippen molar-refractivity contribution in [3.63, 3.8) is 0 Å². The van der Waals surface area contributed by atoms with Crippen LogP contribution in [0.25, 0.3) is 0 Å². The molecule has 0 radical (unpaired) electrons. The highest BCUT2D eigenvalue weighted by atomic mass is 79.9. The van der Waals surface area contributed by atoms with Crippen LogP contribution in [0, 0.1) is 5.41 Å². The van der Waals surface area contributed by atoms with Crippen molar-refractivity contribution in [2.24, 2.45) is 5.41 Å². The third-order valence-corrected chi connectivity index (χ3v) is 3.65. The first-order chi connectivity index (χ1) is 10.0. The van der Waals surface area contributed by atoms with Crippen molar-refractivity contribution in [1.82, 2.24) is 4.90 Å². The first-order valence-corrected chi connectivity index (χ1v) is 7.99. The molecule has 6 nitrogen and oxygen atoms in total. The van der Waals surface area contributed by atoms with E-state index in [1.165, 1.54) is 7.11 Å². The smallest absolute Gasteiger partial charge is 0.322 e. The molecule has 0 saturated heterocycles. The average molecular weight is 382 g/mol. The van der Waals surface area contributed by atoms with Gasteiger partial charge in [-0.3, -0.25) is 9.59 Å². The number of ether oxygens (including phenoxy) is 3. The number of carbonyl (C=O) groups excluding carboxylic acids is 2. The van der Waals surface area contributed by atoms with Crippen LogP contribution in [0.2, 0.25) is 0 Å². The van der Waals surface area contributed by atoms with Gasteiger partial charge in [0, 0.05) is 13.7 Å². The summed E-state index contributed by atoms with van der Waals surface area (Å²) in [5, 5.41) is 0. The average Bonchev–Trinajstić information content (AvgIpc) is 2.37. The van der Waals surface area contributed by atoms with E-state index in [0.717, 1.165) is 0 Å². The molecule has 0 heterocycles. The van der Waals surface area contributed by atoms with Crippen LogP contribution in [0.15, 0.2) is 0 Å². The van der Waals surface area contributed by atoms with Gasteiger partial charge in [0.15, 0.2) is 0 Å². The summed E-state index contributed by atoms with van der Waals surface area (Å²) in [5.74, 6) is -0.747. The number of esters is 2. The van der Waals surface area contributed by atoms with Crippen molar-refractivity contribution >= 4 is 27.9 Å². The Labute approximate surface area is 141 Å². The zero-order valence-electron chi connectivity index (χ0n) is 14.4. The summed E-state index contributed by atoms with van der Waals surface area (Å²) >= 11 is 3.38. The number of alkyl halides is 1. The Hall–Kier alpha value is -0.660. The second-order valence-corrected chi connectivity index (χ2v) is 8.08. The van der Waals surface area contributed by atoms with Crippen LogP contribution in [0.5, 0.6) is 0 Å². The fourth-order valence-electron chi connectivity index (χ4n) is 1.86. The fourth-order valence-corrected chi connectivity index (χ4v) is 2.67. The monoisotopic (exact) mass is 381 g/mol. The zero-order chi connectivity index (χ0) is 17.4. The van der Waals surface area contributed by atoms with Crippen LogP contribution in [-0.4, -0.2) is 68.7 Å². The molecule has 0 aromatic heterocycles. The number of likely N-dealkylation sites (N-methyl/N-ethyl adjacent to an activating group) is 1. The van der Waals surface area contributed by atoms with Gasteiger partial charge < -0.3 is 19.1 Å². The molecule has 0 spiro atoms. The Kier molecular flexibility index (Phi) is 9.19. The number of nitrogens with zero attached hydrogens (tertiary/aromatic N) is 1. The Balaban J connectivity index is 4.51. The van der Waals surface area contributed by atoms with Gasteiger partial charge in [0.05, 0.1) is 12.0 Å². The van der Waals surface area contributed by atoms with Gasteiger partial charge in [-0.1, -0.05) is 15.9 Å². The van der Waals surface area contributed by atoms with Gasteiger partial charge in [0.1, 0.15) is 17.5 Å². The highest BCUT2D eigenvalue weighted by molar-refractivity contribution is 9.10. The minimum Gasteiger partial charge on any atom is -0.463 e. The standard InChI is InChI=1S/C15H28BrNO5/c1-14(2,12(18)22-10-9-20-6)11-15(3,16)13(19)21-8-7-17(4)5/h7-11H2,1-6H3. The number of hydrogen-bond donors (Lipinski definition) is 0. The largest absolute Gasteiger partial charge is 0.463 e. The Morgan fingerprint density at radius 3 is 2.05 bits per heavy atom. The van der Waals surface area contributed by atoms with Crippen LogP contribution in [-0.2, 0) is 23.8 Å². The first kappa shape index (κ1) is 21.3. The van der Waals surface area contributed by atoms with Gasteiger partial charge in [-0.25, -0.2) is 0 Å². The lowest BCUT2D eigenvalue weighted by Gasteiger charge is -2.30. The number of methoxy groups -OCH3 is 1. The SMILES string of the molecule is COCCOC(=O)C(C)(C)CC(C)(Br)C(=O)OCCN(C)C. The molecule has 0 fully saturated rings. The summed E-state index contributed by atoms with van der Waals surface area (Å²) in [6.07, 6.45) is 0.270. The quantitative estimate of drug-likeness (QED) is 0.327. The zero-order valence-corrected chi connectivity index (χ0v) is 16.0. The maximum Gasteiger partial charge on any atom is 0.322 e. The predicted molar refractivity (Wildman–Crippen MR) is 88.1 cm³/mol. The molecule has 0 aliphatic heterocycles. The van der Waals surface area contributed by atoms with E-state index >= 15 is 0 Å². The van der Waals surface area contributed by atoms with E-state index in [0.29, 0.717) is 19.8 Å².